The molecule has 3 nitrogen and oxygen atoms in total. The average Bonchev–Trinajstić information content (AvgIpc) is 3.21. The van der Waals surface area contributed by atoms with Crippen LogP contribution in [0.1, 0.15) is 25.3 Å². The van der Waals surface area contributed by atoms with Gasteiger partial charge in [0.25, 0.3) is 0 Å². The molecule has 2 N–H and O–H groups in total. The molecule has 0 amide bonds. The Morgan fingerprint density at radius 1 is 1.39 bits per heavy atom. The van der Waals surface area contributed by atoms with Gasteiger partial charge in [-0.3, -0.25) is 0 Å². The van der Waals surface area contributed by atoms with E-state index in [4.69, 9.17) is 5.73 Å². The molecule has 18 heavy (non-hydrogen) atoms. The zero-order valence-corrected chi connectivity index (χ0v) is 11.2. The molecular weight excluding hydrogens is 222 g/mol. The second-order valence-electron chi connectivity index (χ2n) is 5.28. The first-order valence-electron chi connectivity index (χ1n) is 6.61. The number of hydrogen-bond acceptors (Lipinski definition) is 3. The van der Waals surface area contributed by atoms with Crippen molar-refractivity contribution in [2.75, 3.05) is 18.0 Å². The predicted octanol–water partition coefficient (Wildman–Crippen LogP) is 2.45. The summed E-state index contributed by atoms with van der Waals surface area (Å²) < 4.78 is 0. The summed E-state index contributed by atoms with van der Waals surface area (Å²) in [5.74, 6) is 0.377. The Labute approximate surface area is 109 Å². The molecule has 1 unspecified atom stereocenters. The highest BCUT2D eigenvalue weighted by Crippen LogP contribution is 2.38. The van der Waals surface area contributed by atoms with Crippen LogP contribution in [0.3, 0.4) is 0 Å². The van der Waals surface area contributed by atoms with E-state index in [1.54, 1.807) is 0 Å². The number of aryl methyl sites for hydroxylation is 1. The van der Waals surface area contributed by atoms with Crippen molar-refractivity contribution >= 4 is 5.69 Å². The van der Waals surface area contributed by atoms with Gasteiger partial charge in [-0.05, 0) is 44.7 Å². The van der Waals surface area contributed by atoms with E-state index in [1.807, 2.05) is 0 Å². The van der Waals surface area contributed by atoms with Crippen molar-refractivity contribution in [3.63, 3.8) is 0 Å². The molecule has 96 valence electrons. The first kappa shape index (κ1) is 12.9. The van der Waals surface area contributed by atoms with Gasteiger partial charge in [-0.25, -0.2) is 0 Å². The molecule has 2 rings (SSSR count). The molecule has 0 radical (unpaired) electrons. The number of benzene rings is 1. The lowest BCUT2D eigenvalue weighted by Gasteiger charge is -2.31. The van der Waals surface area contributed by atoms with Gasteiger partial charge < -0.3 is 10.6 Å². The fourth-order valence-corrected chi connectivity index (χ4v) is 2.31. The van der Waals surface area contributed by atoms with Gasteiger partial charge in [0.1, 0.15) is 5.54 Å². The van der Waals surface area contributed by atoms with E-state index >= 15 is 0 Å². The number of likely N-dealkylation sites (N-methyl/N-ethyl adjacent to an activating group) is 1. The van der Waals surface area contributed by atoms with E-state index in [9.17, 15) is 5.26 Å². The van der Waals surface area contributed by atoms with Crippen molar-refractivity contribution in [2.45, 2.75) is 32.2 Å². The van der Waals surface area contributed by atoms with Crippen LogP contribution in [0.25, 0.3) is 0 Å². The molecule has 0 aliphatic heterocycles. The third kappa shape index (κ3) is 2.65. The minimum absolute atomic E-state index is 0.377. The van der Waals surface area contributed by atoms with Crippen molar-refractivity contribution in [1.29, 1.82) is 5.26 Å². The molecule has 0 aromatic heterocycles. The van der Waals surface area contributed by atoms with Crippen molar-refractivity contribution < 1.29 is 0 Å². The Morgan fingerprint density at radius 3 is 2.44 bits per heavy atom. The number of nitrogens with two attached hydrogens (primary N) is 1. The molecule has 0 heterocycles. The molecule has 1 aromatic carbocycles. The van der Waals surface area contributed by atoms with Crippen LogP contribution in [0.5, 0.6) is 0 Å². The number of nitrogens with zero attached hydrogens (tertiary/aromatic N) is 2. The van der Waals surface area contributed by atoms with E-state index in [2.05, 4.69) is 49.1 Å². The Kier molecular flexibility index (Phi) is 3.58. The Hall–Kier alpha value is -1.53. The van der Waals surface area contributed by atoms with Crippen molar-refractivity contribution in [3.8, 4) is 6.07 Å². The molecule has 1 saturated carbocycles. The maximum absolute atomic E-state index is 9.33. The van der Waals surface area contributed by atoms with E-state index in [-0.39, 0.29) is 0 Å². The number of hydrogen-bond donors (Lipinski definition) is 1. The van der Waals surface area contributed by atoms with Gasteiger partial charge in [0.15, 0.2) is 0 Å². The van der Waals surface area contributed by atoms with E-state index in [1.165, 1.54) is 5.56 Å². The molecular formula is C15H21N3. The molecule has 0 saturated heterocycles. The number of rotatable bonds is 5. The third-order valence-corrected chi connectivity index (χ3v) is 3.75. The second kappa shape index (κ2) is 4.99. The van der Waals surface area contributed by atoms with E-state index < -0.39 is 5.54 Å². The highest BCUT2D eigenvalue weighted by atomic mass is 15.2. The van der Waals surface area contributed by atoms with Crippen LogP contribution in [0.4, 0.5) is 5.69 Å². The fraction of sp³-hybridized carbons (Fsp3) is 0.533. The maximum atomic E-state index is 9.33. The summed E-state index contributed by atoms with van der Waals surface area (Å²) in [6.07, 6.45) is 2.19. The normalized spacial score (nSPS) is 17.9. The molecule has 1 aliphatic carbocycles. The summed E-state index contributed by atoms with van der Waals surface area (Å²) in [5.41, 5.74) is 7.94. The summed E-state index contributed by atoms with van der Waals surface area (Å²) in [6.45, 7) is 5.67. The first-order valence-corrected chi connectivity index (χ1v) is 6.61. The number of nitriles is 1. The molecule has 0 bridgehead atoms. The summed E-state index contributed by atoms with van der Waals surface area (Å²) in [4.78, 5) is 2.20. The Bertz CT molecular complexity index is 442. The van der Waals surface area contributed by atoms with E-state index in [0.717, 1.165) is 25.1 Å². The van der Waals surface area contributed by atoms with Crippen molar-refractivity contribution in [3.05, 3.63) is 29.8 Å². The molecule has 3 heteroatoms. The van der Waals surface area contributed by atoms with Crippen LogP contribution in [0, 0.1) is 24.2 Å². The summed E-state index contributed by atoms with van der Waals surface area (Å²) in [5, 5.41) is 9.33. The molecule has 1 aliphatic rings. The average molecular weight is 243 g/mol. The fourth-order valence-electron chi connectivity index (χ4n) is 2.31. The summed E-state index contributed by atoms with van der Waals surface area (Å²) >= 11 is 0. The topological polar surface area (TPSA) is 53.0 Å². The van der Waals surface area contributed by atoms with Crippen LogP contribution >= 0.6 is 0 Å². The third-order valence-electron chi connectivity index (χ3n) is 3.75. The van der Waals surface area contributed by atoms with Gasteiger partial charge in [0.2, 0.25) is 0 Å². The largest absolute Gasteiger partial charge is 0.369 e. The van der Waals surface area contributed by atoms with Gasteiger partial charge in [-0.1, -0.05) is 17.7 Å². The zero-order chi connectivity index (χ0) is 13.2. The van der Waals surface area contributed by atoms with Crippen LogP contribution in [0.15, 0.2) is 24.3 Å². The Balaban J connectivity index is 2.14. The minimum Gasteiger partial charge on any atom is -0.369 e. The minimum atomic E-state index is -0.694. The second-order valence-corrected chi connectivity index (χ2v) is 5.28. The molecule has 1 aromatic rings. The predicted molar refractivity (Wildman–Crippen MR) is 74.3 cm³/mol. The highest BCUT2D eigenvalue weighted by molar-refractivity contribution is 5.48. The van der Waals surface area contributed by atoms with E-state index in [0.29, 0.717) is 12.5 Å². The van der Waals surface area contributed by atoms with Crippen LogP contribution < -0.4 is 10.6 Å². The summed E-state index contributed by atoms with van der Waals surface area (Å²) in [7, 11) is 0. The van der Waals surface area contributed by atoms with Crippen molar-refractivity contribution in [2.24, 2.45) is 11.7 Å². The van der Waals surface area contributed by atoms with Crippen LogP contribution in [-0.2, 0) is 0 Å². The maximum Gasteiger partial charge on any atom is 0.124 e. The number of anilines is 1. The SMILES string of the molecule is CCN(CC(N)(C#N)C1CC1)c1ccc(C)cc1. The first-order chi connectivity index (χ1) is 8.59. The lowest BCUT2D eigenvalue weighted by molar-refractivity contribution is 0.469. The van der Waals surface area contributed by atoms with Crippen LogP contribution in [-0.4, -0.2) is 18.6 Å². The highest BCUT2D eigenvalue weighted by Gasteiger charge is 2.43. The standard InChI is InChI=1S/C15H21N3/c1-3-18(14-8-4-12(2)5-9-14)11-15(17,10-16)13-6-7-13/h4-5,8-9,13H,3,6-7,11,17H2,1-2H3. The molecule has 1 atom stereocenters. The molecule has 1 fully saturated rings. The molecule has 0 spiro atoms. The summed E-state index contributed by atoms with van der Waals surface area (Å²) in [6, 6.07) is 10.7. The smallest absolute Gasteiger partial charge is 0.124 e. The lowest BCUT2D eigenvalue weighted by Crippen LogP contribution is -2.51. The monoisotopic (exact) mass is 243 g/mol. The van der Waals surface area contributed by atoms with Gasteiger partial charge in [0, 0.05) is 18.8 Å². The Morgan fingerprint density at radius 2 is 2.00 bits per heavy atom. The zero-order valence-electron chi connectivity index (χ0n) is 11.2. The quantitative estimate of drug-likeness (QED) is 0.864. The van der Waals surface area contributed by atoms with Gasteiger partial charge >= 0.3 is 0 Å². The lowest BCUT2D eigenvalue weighted by atomic mass is 9.95. The van der Waals surface area contributed by atoms with Gasteiger partial charge in [0.05, 0.1) is 6.07 Å². The van der Waals surface area contributed by atoms with Crippen molar-refractivity contribution in [1.82, 2.24) is 0 Å². The van der Waals surface area contributed by atoms with Gasteiger partial charge in [-0.15, -0.1) is 0 Å². The van der Waals surface area contributed by atoms with Gasteiger partial charge in [-0.2, -0.15) is 5.26 Å². The van der Waals surface area contributed by atoms with Crippen LogP contribution in [0.2, 0.25) is 0 Å².